The van der Waals surface area contributed by atoms with Crippen LogP contribution >= 0.6 is 11.3 Å². The minimum absolute atomic E-state index is 0.0302. The fourth-order valence-electron chi connectivity index (χ4n) is 3.09. The van der Waals surface area contributed by atoms with Gasteiger partial charge in [-0.15, -0.1) is 11.3 Å². The summed E-state index contributed by atoms with van der Waals surface area (Å²) in [5.74, 6) is 1.63. The van der Waals surface area contributed by atoms with E-state index >= 15 is 0 Å². The summed E-state index contributed by atoms with van der Waals surface area (Å²) in [6.45, 7) is 1.45. The van der Waals surface area contributed by atoms with Crippen LogP contribution < -0.4 is 24.4 Å². The second-order valence-electron chi connectivity index (χ2n) is 6.70. The van der Waals surface area contributed by atoms with E-state index < -0.39 is 0 Å². The number of nitrogens with one attached hydrogen (secondary N) is 2. The molecule has 29 heavy (non-hydrogen) atoms. The Morgan fingerprint density at radius 2 is 1.79 bits per heavy atom. The SMILES string of the molecule is COc1cc(CNC(=O)C[NH+](C)Cc2nc3ccccc3s2)cc(OC)c1OC. The average Bonchev–Trinajstić information content (AvgIpc) is 3.13. The van der Waals surface area contributed by atoms with E-state index in [4.69, 9.17) is 14.2 Å². The number of likely N-dealkylation sites (N-methyl/N-ethyl adjacent to an activating group) is 1. The maximum Gasteiger partial charge on any atom is 0.275 e. The second kappa shape index (κ2) is 9.58. The number of quaternary nitrogens is 1. The van der Waals surface area contributed by atoms with Gasteiger partial charge in [0, 0.05) is 6.54 Å². The number of benzene rings is 2. The molecule has 3 aromatic rings. The fraction of sp³-hybridized carbons (Fsp3) is 0.333. The molecule has 0 saturated carbocycles. The van der Waals surface area contributed by atoms with Crippen LogP contribution in [0.1, 0.15) is 10.6 Å². The Kier molecular flexibility index (Phi) is 6.90. The van der Waals surface area contributed by atoms with E-state index in [2.05, 4.69) is 16.4 Å². The van der Waals surface area contributed by atoms with E-state index in [0.717, 1.165) is 21.0 Å². The number of hydrogen-bond donors (Lipinski definition) is 2. The third kappa shape index (κ3) is 5.16. The van der Waals surface area contributed by atoms with E-state index in [-0.39, 0.29) is 5.91 Å². The molecule has 0 saturated heterocycles. The molecular weight excluding hydrogens is 390 g/mol. The first-order chi connectivity index (χ1) is 14.0. The monoisotopic (exact) mass is 416 g/mol. The summed E-state index contributed by atoms with van der Waals surface area (Å²) in [7, 11) is 6.69. The maximum atomic E-state index is 12.4. The van der Waals surface area contributed by atoms with E-state index in [0.29, 0.717) is 36.9 Å². The van der Waals surface area contributed by atoms with Crippen LogP contribution in [-0.2, 0) is 17.9 Å². The van der Waals surface area contributed by atoms with Crippen molar-refractivity contribution in [1.82, 2.24) is 10.3 Å². The molecular formula is C21H26N3O4S+. The van der Waals surface area contributed by atoms with E-state index in [9.17, 15) is 4.79 Å². The van der Waals surface area contributed by atoms with Crippen molar-refractivity contribution < 1.29 is 23.9 Å². The highest BCUT2D eigenvalue weighted by Crippen LogP contribution is 2.38. The maximum absolute atomic E-state index is 12.4. The van der Waals surface area contributed by atoms with E-state index in [1.807, 2.05) is 37.4 Å². The molecule has 2 N–H and O–H groups in total. The average molecular weight is 417 g/mol. The van der Waals surface area contributed by atoms with Crippen molar-refractivity contribution in [3.8, 4) is 17.2 Å². The van der Waals surface area contributed by atoms with Gasteiger partial charge in [-0.05, 0) is 29.8 Å². The zero-order chi connectivity index (χ0) is 20.8. The largest absolute Gasteiger partial charge is 0.493 e. The molecule has 7 nitrogen and oxygen atoms in total. The van der Waals surface area contributed by atoms with E-state index in [1.165, 1.54) is 4.70 Å². The van der Waals surface area contributed by atoms with Gasteiger partial charge in [-0.3, -0.25) is 4.79 Å². The predicted octanol–water partition coefficient (Wildman–Crippen LogP) is 1.65. The van der Waals surface area contributed by atoms with Crippen LogP contribution in [0.5, 0.6) is 17.2 Å². The molecule has 0 fully saturated rings. The molecule has 0 aliphatic heterocycles. The summed E-state index contributed by atoms with van der Waals surface area (Å²) in [5, 5.41) is 3.98. The Balaban J connectivity index is 1.56. The van der Waals surface area contributed by atoms with Gasteiger partial charge in [0.15, 0.2) is 18.0 Å². The van der Waals surface area contributed by atoms with Gasteiger partial charge < -0.3 is 24.4 Å². The van der Waals surface area contributed by atoms with Crippen molar-refractivity contribution >= 4 is 27.5 Å². The number of carbonyl (C=O) groups excluding carboxylic acids is 1. The highest BCUT2D eigenvalue weighted by Gasteiger charge is 2.16. The summed E-state index contributed by atoms with van der Waals surface area (Å²) < 4.78 is 17.2. The molecule has 1 aromatic heterocycles. The molecule has 0 spiro atoms. The lowest BCUT2D eigenvalue weighted by Gasteiger charge is -2.15. The lowest BCUT2D eigenvalue weighted by molar-refractivity contribution is -0.885. The number of aromatic nitrogens is 1. The normalized spacial score (nSPS) is 11.9. The molecule has 2 aromatic carbocycles. The summed E-state index contributed by atoms with van der Waals surface area (Å²) in [4.78, 5) is 18.1. The summed E-state index contributed by atoms with van der Waals surface area (Å²) >= 11 is 1.67. The van der Waals surface area contributed by atoms with Gasteiger partial charge in [0.05, 0.1) is 38.6 Å². The molecule has 1 atom stereocenters. The summed E-state index contributed by atoms with van der Waals surface area (Å²) in [5.41, 5.74) is 1.88. The van der Waals surface area contributed by atoms with Crippen molar-refractivity contribution in [3.05, 3.63) is 47.0 Å². The van der Waals surface area contributed by atoms with Gasteiger partial charge in [-0.1, -0.05) is 12.1 Å². The number of methoxy groups -OCH3 is 3. The lowest BCUT2D eigenvalue weighted by atomic mass is 10.1. The fourth-order valence-corrected chi connectivity index (χ4v) is 4.17. The van der Waals surface area contributed by atoms with E-state index in [1.54, 1.807) is 32.7 Å². The molecule has 0 aliphatic rings. The number of rotatable bonds is 9. The Hall–Kier alpha value is -2.84. The third-order valence-electron chi connectivity index (χ3n) is 4.47. The molecule has 1 amide bonds. The van der Waals surface area contributed by atoms with Crippen molar-refractivity contribution in [2.75, 3.05) is 34.9 Å². The number of ether oxygens (including phenoxy) is 3. The van der Waals surface area contributed by atoms with Gasteiger partial charge in [-0.2, -0.15) is 0 Å². The standard InChI is InChI=1S/C21H25N3O4S/c1-24(13-20-23-15-7-5-6-8-18(15)29-20)12-19(25)22-11-14-9-16(26-2)21(28-4)17(10-14)27-3/h5-10H,11-13H2,1-4H3,(H,22,25)/p+1. The molecule has 1 unspecified atom stereocenters. The predicted molar refractivity (Wildman–Crippen MR) is 113 cm³/mol. The smallest absolute Gasteiger partial charge is 0.275 e. The van der Waals surface area contributed by atoms with Crippen molar-refractivity contribution in [3.63, 3.8) is 0 Å². The van der Waals surface area contributed by atoms with Crippen LogP contribution in [0.15, 0.2) is 36.4 Å². The first-order valence-corrected chi connectivity index (χ1v) is 10.1. The molecule has 8 heteroatoms. The summed E-state index contributed by atoms with van der Waals surface area (Å²) in [6.07, 6.45) is 0. The highest BCUT2D eigenvalue weighted by molar-refractivity contribution is 7.18. The van der Waals surface area contributed by atoms with Gasteiger partial charge >= 0.3 is 0 Å². The van der Waals surface area contributed by atoms with Gasteiger partial charge in [0.2, 0.25) is 5.75 Å². The van der Waals surface area contributed by atoms with Crippen LogP contribution in [0.3, 0.4) is 0 Å². The number of thiazole rings is 1. The number of fused-ring (bicyclic) bond motifs is 1. The van der Waals surface area contributed by atoms with Crippen LogP contribution in [0.2, 0.25) is 0 Å². The Morgan fingerprint density at radius 3 is 2.41 bits per heavy atom. The molecule has 154 valence electrons. The highest BCUT2D eigenvalue weighted by atomic mass is 32.1. The number of hydrogen-bond acceptors (Lipinski definition) is 6. The minimum atomic E-state index is -0.0302. The van der Waals surface area contributed by atoms with Crippen LogP contribution in [0.4, 0.5) is 0 Å². The van der Waals surface area contributed by atoms with Crippen LogP contribution in [0, 0.1) is 0 Å². The number of para-hydroxylation sites is 1. The first kappa shape index (κ1) is 20.9. The second-order valence-corrected chi connectivity index (χ2v) is 7.81. The lowest BCUT2D eigenvalue weighted by Crippen LogP contribution is -3.08. The Labute approximate surface area is 174 Å². The number of amides is 1. The zero-order valence-electron chi connectivity index (χ0n) is 17.1. The van der Waals surface area contributed by atoms with Gasteiger partial charge in [0.1, 0.15) is 11.6 Å². The molecule has 3 rings (SSSR count). The Bertz CT molecular complexity index is 931. The van der Waals surface area contributed by atoms with Gasteiger partial charge in [-0.25, -0.2) is 4.98 Å². The van der Waals surface area contributed by atoms with Crippen molar-refractivity contribution in [2.24, 2.45) is 0 Å². The molecule has 0 aliphatic carbocycles. The topological polar surface area (TPSA) is 74.1 Å². The number of carbonyl (C=O) groups is 1. The van der Waals surface area contributed by atoms with Crippen molar-refractivity contribution in [1.29, 1.82) is 0 Å². The van der Waals surface area contributed by atoms with Crippen LogP contribution in [0.25, 0.3) is 10.2 Å². The molecule has 1 heterocycles. The van der Waals surface area contributed by atoms with Gasteiger partial charge in [0.25, 0.3) is 5.91 Å². The summed E-state index contributed by atoms with van der Waals surface area (Å²) in [6, 6.07) is 11.7. The first-order valence-electron chi connectivity index (χ1n) is 9.25. The molecule has 0 bridgehead atoms. The number of nitrogens with zero attached hydrogens (tertiary/aromatic N) is 1. The molecule has 0 radical (unpaired) electrons. The Morgan fingerprint density at radius 1 is 1.10 bits per heavy atom. The zero-order valence-corrected chi connectivity index (χ0v) is 17.9. The third-order valence-corrected chi connectivity index (χ3v) is 5.50. The van der Waals surface area contributed by atoms with Crippen LogP contribution in [-0.4, -0.2) is 45.8 Å². The minimum Gasteiger partial charge on any atom is -0.493 e. The van der Waals surface area contributed by atoms with Crippen molar-refractivity contribution in [2.45, 2.75) is 13.1 Å². The quantitative estimate of drug-likeness (QED) is 0.555.